The van der Waals surface area contributed by atoms with Gasteiger partial charge in [0.25, 0.3) is 0 Å². The zero-order valence-corrected chi connectivity index (χ0v) is 19.5. The third kappa shape index (κ3) is 6.01. The molecule has 0 saturated carbocycles. The topological polar surface area (TPSA) is 90.6 Å². The highest BCUT2D eigenvalue weighted by Crippen LogP contribution is 2.25. The molecular weight excluding hydrogens is 408 g/mol. The molecule has 0 aliphatic heterocycles. The molecule has 0 saturated heterocycles. The van der Waals surface area contributed by atoms with Gasteiger partial charge in [-0.15, -0.1) is 0 Å². The van der Waals surface area contributed by atoms with E-state index in [1.165, 1.54) is 26.4 Å². The Morgan fingerprint density at radius 3 is 2.47 bits per heavy atom. The Morgan fingerprint density at radius 1 is 1.16 bits per heavy atom. The summed E-state index contributed by atoms with van der Waals surface area (Å²) in [7, 11) is 2.93. The van der Waals surface area contributed by atoms with Crippen molar-refractivity contribution < 1.29 is 23.8 Å². The molecule has 1 aromatic carbocycles. The molecule has 0 radical (unpaired) electrons. The molecule has 0 aliphatic carbocycles. The zero-order valence-electron chi connectivity index (χ0n) is 19.5. The molecule has 1 aromatic heterocycles. The van der Waals surface area contributed by atoms with Crippen molar-refractivity contribution in [3.63, 3.8) is 0 Å². The van der Waals surface area contributed by atoms with Gasteiger partial charge in [0.05, 0.1) is 19.8 Å². The standard InChI is InChI=1S/C25H30N2O5/c1-16(2)9-10-27-17(3)11-19(18(27)4)12-20(14-26)25(29)32-15-23(28)22-13-21(30-5)7-8-24(22)31-6/h7-8,11-13,16H,9-10,15H2,1-6H3/b20-12+. The first-order valence-corrected chi connectivity index (χ1v) is 10.4. The lowest BCUT2D eigenvalue weighted by atomic mass is 10.1. The fourth-order valence-electron chi connectivity index (χ4n) is 3.32. The van der Waals surface area contributed by atoms with Crippen molar-refractivity contribution in [1.82, 2.24) is 4.57 Å². The van der Waals surface area contributed by atoms with Gasteiger partial charge in [-0.3, -0.25) is 4.79 Å². The molecule has 2 aromatic rings. The molecule has 7 heteroatoms. The van der Waals surface area contributed by atoms with Gasteiger partial charge in [-0.1, -0.05) is 13.8 Å². The molecule has 7 nitrogen and oxygen atoms in total. The summed E-state index contributed by atoms with van der Waals surface area (Å²) in [6.45, 7) is 8.64. The Bertz CT molecular complexity index is 1060. The summed E-state index contributed by atoms with van der Waals surface area (Å²) in [5.74, 6) is 0.0798. The highest BCUT2D eigenvalue weighted by atomic mass is 16.5. The molecule has 0 spiro atoms. The van der Waals surface area contributed by atoms with Crippen LogP contribution in [0, 0.1) is 31.1 Å². The first-order chi connectivity index (χ1) is 15.2. The van der Waals surface area contributed by atoms with Crippen LogP contribution in [0.1, 0.15) is 47.6 Å². The van der Waals surface area contributed by atoms with E-state index in [1.807, 2.05) is 26.0 Å². The third-order valence-electron chi connectivity index (χ3n) is 5.22. The lowest BCUT2D eigenvalue weighted by molar-refractivity contribution is -0.137. The molecule has 0 aliphatic rings. The lowest BCUT2D eigenvalue weighted by Gasteiger charge is -2.11. The number of nitrogens with zero attached hydrogens (tertiary/aromatic N) is 2. The molecule has 32 heavy (non-hydrogen) atoms. The van der Waals surface area contributed by atoms with E-state index in [0.717, 1.165) is 29.9 Å². The van der Waals surface area contributed by atoms with Crippen molar-refractivity contribution in [3.8, 4) is 17.6 Å². The van der Waals surface area contributed by atoms with Gasteiger partial charge in [-0.05, 0) is 62.1 Å². The number of ketones is 1. The van der Waals surface area contributed by atoms with Crippen molar-refractivity contribution >= 4 is 17.8 Å². The number of hydrogen-bond donors (Lipinski definition) is 0. The average Bonchev–Trinajstić information content (AvgIpc) is 3.05. The number of methoxy groups -OCH3 is 2. The van der Waals surface area contributed by atoms with E-state index >= 15 is 0 Å². The highest BCUT2D eigenvalue weighted by Gasteiger charge is 2.19. The summed E-state index contributed by atoms with van der Waals surface area (Å²) in [5.41, 5.74) is 2.87. The van der Waals surface area contributed by atoms with Crippen molar-refractivity contribution in [2.24, 2.45) is 5.92 Å². The van der Waals surface area contributed by atoms with E-state index in [9.17, 15) is 14.9 Å². The minimum atomic E-state index is -0.852. The molecule has 0 N–H and O–H groups in total. The Kier molecular flexibility index (Phi) is 8.65. The molecule has 0 unspecified atom stereocenters. The number of carbonyl (C=O) groups is 2. The Balaban J connectivity index is 2.16. The summed E-state index contributed by atoms with van der Waals surface area (Å²) in [6.07, 6.45) is 2.54. The molecule has 0 atom stereocenters. The number of aromatic nitrogens is 1. The highest BCUT2D eigenvalue weighted by molar-refractivity contribution is 6.03. The van der Waals surface area contributed by atoms with Crippen LogP contribution in [-0.2, 0) is 16.1 Å². The van der Waals surface area contributed by atoms with Crippen LogP contribution in [0.15, 0.2) is 29.8 Å². The van der Waals surface area contributed by atoms with Crippen LogP contribution in [0.25, 0.3) is 6.08 Å². The Labute approximate surface area is 189 Å². The van der Waals surface area contributed by atoms with Crippen LogP contribution in [0.4, 0.5) is 0 Å². The lowest BCUT2D eigenvalue weighted by Crippen LogP contribution is -2.16. The minimum absolute atomic E-state index is 0.167. The van der Waals surface area contributed by atoms with Crippen LogP contribution in [0.3, 0.4) is 0 Å². The maximum absolute atomic E-state index is 12.6. The third-order valence-corrected chi connectivity index (χ3v) is 5.22. The van der Waals surface area contributed by atoms with Gasteiger partial charge in [0, 0.05) is 17.9 Å². The van der Waals surface area contributed by atoms with Crippen molar-refractivity contribution in [1.29, 1.82) is 5.26 Å². The Hall–Kier alpha value is -3.53. The number of benzene rings is 1. The molecule has 0 amide bonds. The summed E-state index contributed by atoms with van der Waals surface area (Å²) < 4.78 is 17.6. The van der Waals surface area contributed by atoms with Crippen molar-refractivity contribution in [2.75, 3.05) is 20.8 Å². The van der Waals surface area contributed by atoms with Gasteiger partial charge < -0.3 is 18.8 Å². The first-order valence-electron chi connectivity index (χ1n) is 10.4. The molecular formula is C25H30N2O5. The molecule has 0 bridgehead atoms. The number of hydrogen-bond acceptors (Lipinski definition) is 6. The van der Waals surface area contributed by atoms with Crippen LogP contribution in [0.5, 0.6) is 11.5 Å². The average molecular weight is 439 g/mol. The number of carbonyl (C=O) groups excluding carboxylic acids is 2. The second-order valence-electron chi connectivity index (χ2n) is 7.90. The monoisotopic (exact) mass is 438 g/mol. The normalized spacial score (nSPS) is 11.2. The number of esters is 1. The number of rotatable bonds is 10. The van der Waals surface area contributed by atoms with Crippen molar-refractivity contribution in [2.45, 2.75) is 40.7 Å². The van der Waals surface area contributed by atoms with E-state index in [4.69, 9.17) is 14.2 Å². The summed E-state index contributed by atoms with van der Waals surface area (Å²) in [4.78, 5) is 25.1. The van der Waals surface area contributed by atoms with Gasteiger partial charge in [-0.25, -0.2) is 4.79 Å². The summed E-state index contributed by atoms with van der Waals surface area (Å²) in [6, 6.07) is 8.60. The van der Waals surface area contributed by atoms with Gasteiger partial charge in [0.2, 0.25) is 5.78 Å². The predicted octanol–water partition coefficient (Wildman–Crippen LogP) is 4.50. The fraction of sp³-hybridized carbons (Fsp3) is 0.400. The van der Waals surface area contributed by atoms with Gasteiger partial charge >= 0.3 is 5.97 Å². The largest absolute Gasteiger partial charge is 0.497 e. The summed E-state index contributed by atoms with van der Waals surface area (Å²) in [5, 5.41) is 9.49. The molecule has 0 fully saturated rings. The Morgan fingerprint density at radius 2 is 1.88 bits per heavy atom. The second-order valence-corrected chi connectivity index (χ2v) is 7.90. The SMILES string of the molecule is COc1ccc(OC)c(C(=O)COC(=O)/C(C#N)=C/c2cc(C)n(CCC(C)C)c2C)c1. The van der Waals surface area contributed by atoms with E-state index in [-0.39, 0.29) is 11.1 Å². The maximum atomic E-state index is 12.6. The van der Waals surface area contributed by atoms with Gasteiger partial charge in [0.1, 0.15) is 23.1 Å². The molecule has 1 heterocycles. The van der Waals surface area contributed by atoms with Crippen LogP contribution in [0.2, 0.25) is 0 Å². The number of Topliss-reactive ketones (excluding diaryl/α,β-unsaturated/α-hetero) is 1. The fourth-order valence-corrected chi connectivity index (χ4v) is 3.32. The number of aryl methyl sites for hydroxylation is 1. The number of nitriles is 1. The molecule has 2 rings (SSSR count). The maximum Gasteiger partial charge on any atom is 0.349 e. The quantitative estimate of drug-likeness (QED) is 0.235. The smallest absolute Gasteiger partial charge is 0.349 e. The number of ether oxygens (including phenoxy) is 3. The second kappa shape index (κ2) is 11.2. The van der Waals surface area contributed by atoms with Gasteiger partial charge in [-0.2, -0.15) is 5.26 Å². The summed E-state index contributed by atoms with van der Waals surface area (Å²) >= 11 is 0. The van der Waals surface area contributed by atoms with Crippen LogP contribution in [-0.4, -0.2) is 37.1 Å². The van der Waals surface area contributed by atoms with E-state index in [2.05, 4.69) is 18.4 Å². The predicted molar refractivity (Wildman–Crippen MR) is 122 cm³/mol. The van der Waals surface area contributed by atoms with Crippen LogP contribution >= 0.6 is 0 Å². The minimum Gasteiger partial charge on any atom is -0.497 e. The van der Waals surface area contributed by atoms with E-state index in [0.29, 0.717) is 17.4 Å². The molecule has 170 valence electrons. The zero-order chi connectivity index (χ0) is 23.8. The van der Waals surface area contributed by atoms with Crippen LogP contribution < -0.4 is 9.47 Å². The van der Waals surface area contributed by atoms with Gasteiger partial charge in [0.15, 0.2) is 6.61 Å². The van der Waals surface area contributed by atoms with E-state index in [1.54, 1.807) is 12.1 Å². The first kappa shape index (κ1) is 24.7. The van der Waals surface area contributed by atoms with E-state index < -0.39 is 18.4 Å². The van der Waals surface area contributed by atoms with Crippen molar-refractivity contribution in [3.05, 3.63) is 52.4 Å².